The first-order valence-corrected chi connectivity index (χ1v) is 25.4. The first-order chi connectivity index (χ1) is 36.3. The average Bonchev–Trinajstić information content (AvgIpc) is 3.97. The van der Waals surface area contributed by atoms with Gasteiger partial charge < -0.3 is 24.0 Å². The fourth-order valence-corrected chi connectivity index (χ4v) is 13.7. The van der Waals surface area contributed by atoms with Crippen LogP contribution in [0.5, 0.6) is 0 Å². The van der Waals surface area contributed by atoms with E-state index in [9.17, 15) is 0 Å². The van der Waals surface area contributed by atoms with Crippen LogP contribution in [0.1, 0.15) is 0 Å². The third-order valence-electron chi connectivity index (χ3n) is 16.4. The van der Waals surface area contributed by atoms with Crippen molar-refractivity contribution in [3.05, 3.63) is 249 Å². The first-order valence-electron chi connectivity index (χ1n) is 25.4. The zero-order valence-corrected chi connectivity index (χ0v) is 39.6. The highest BCUT2D eigenvalue weighted by atomic mass is 15.2. The van der Waals surface area contributed by atoms with Crippen LogP contribution in [0.15, 0.2) is 249 Å². The molecule has 0 radical (unpaired) electrons. The standard InChI is InChI=1S/C66H41B2N5/c1-5-20-42(21-6-1)69-53-32-15-13-30-50(53)67-52-41-60-49(40-61(52)72(45-26-11-4-12-27-45)56-35-18-34-55(69)62(56)67)47-29-17-28-46-48-38-39-59-64(66(48)73(60)65(46)47)68-51-31-14-16-33-54(51)70(43-22-7-2-8-23-43)57-36-19-37-58(63(57)68)71(59)44-24-9-3-10-25-44/h1-41H. The topological polar surface area (TPSA) is 17.4 Å². The summed E-state index contributed by atoms with van der Waals surface area (Å²) in [6.07, 6.45) is 0. The fraction of sp³-hybridized carbons (Fsp3) is 0. The van der Waals surface area contributed by atoms with Crippen molar-refractivity contribution in [3.8, 4) is 0 Å². The van der Waals surface area contributed by atoms with Crippen molar-refractivity contribution >= 4 is 153 Å². The largest absolute Gasteiger partial charge is 0.311 e. The monoisotopic (exact) mass is 925 g/mol. The highest BCUT2D eigenvalue weighted by Gasteiger charge is 2.46. The van der Waals surface area contributed by atoms with Gasteiger partial charge in [0.25, 0.3) is 13.4 Å². The van der Waals surface area contributed by atoms with Gasteiger partial charge in [0.05, 0.1) is 16.6 Å². The molecule has 0 aliphatic carbocycles. The van der Waals surface area contributed by atoms with E-state index in [1.54, 1.807) is 0 Å². The molecule has 17 rings (SSSR count). The van der Waals surface area contributed by atoms with Crippen molar-refractivity contribution in [2.75, 3.05) is 19.6 Å². The van der Waals surface area contributed by atoms with Crippen LogP contribution < -0.4 is 52.4 Å². The van der Waals surface area contributed by atoms with Crippen molar-refractivity contribution in [2.45, 2.75) is 0 Å². The summed E-state index contributed by atoms with van der Waals surface area (Å²) in [5.41, 5.74) is 25.9. The van der Waals surface area contributed by atoms with Crippen LogP contribution in [0.3, 0.4) is 0 Å². The van der Waals surface area contributed by atoms with E-state index in [1.807, 2.05) is 0 Å². The molecule has 6 heterocycles. The third kappa shape index (κ3) is 5.12. The summed E-state index contributed by atoms with van der Waals surface area (Å²) in [5, 5.41) is 5.07. The number of aromatic nitrogens is 1. The lowest BCUT2D eigenvalue weighted by atomic mass is 9.33. The number of fused-ring (bicyclic) bond motifs is 15. The van der Waals surface area contributed by atoms with Gasteiger partial charge in [-0.15, -0.1) is 0 Å². The van der Waals surface area contributed by atoms with Gasteiger partial charge in [-0.25, -0.2) is 0 Å². The van der Waals surface area contributed by atoms with E-state index in [4.69, 9.17) is 0 Å². The molecular formula is C66H41B2N5. The molecule has 336 valence electrons. The highest BCUT2D eigenvalue weighted by Crippen LogP contribution is 2.49. The number of rotatable bonds is 4. The molecule has 4 aliphatic heterocycles. The maximum atomic E-state index is 2.68. The van der Waals surface area contributed by atoms with Crippen LogP contribution in [0.2, 0.25) is 0 Å². The van der Waals surface area contributed by atoms with Crippen LogP contribution in [0, 0.1) is 0 Å². The molecule has 0 atom stereocenters. The van der Waals surface area contributed by atoms with Gasteiger partial charge in [-0.1, -0.05) is 146 Å². The highest BCUT2D eigenvalue weighted by molar-refractivity contribution is 7.02. The van der Waals surface area contributed by atoms with Gasteiger partial charge in [-0.3, -0.25) is 0 Å². The van der Waals surface area contributed by atoms with Crippen LogP contribution in [-0.4, -0.2) is 17.8 Å². The SMILES string of the molecule is c1ccc(N2c3ccccc3B3c4cc5c(cc4N(c4ccccc4)c4cccc2c43)c2cccc3c4ccc6c(c4n5c23)B2c3ccccc3N(c3ccccc3)c3cccc(c32)N6c2ccccc2)cc1. The molecule has 0 spiro atoms. The number of benzene rings is 11. The van der Waals surface area contributed by atoms with Crippen molar-refractivity contribution in [3.63, 3.8) is 0 Å². The van der Waals surface area contributed by atoms with E-state index in [0.717, 1.165) is 22.7 Å². The molecule has 7 heteroatoms. The van der Waals surface area contributed by atoms with Crippen LogP contribution in [0.4, 0.5) is 68.2 Å². The van der Waals surface area contributed by atoms with E-state index in [-0.39, 0.29) is 13.4 Å². The lowest BCUT2D eigenvalue weighted by Gasteiger charge is -2.44. The maximum Gasteiger partial charge on any atom is 0.254 e. The lowest BCUT2D eigenvalue weighted by molar-refractivity contribution is 1.25. The normalized spacial score (nSPS) is 13.9. The van der Waals surface area contributed by atoms with Crippen molar-refractivity contribution < 1.29 is 0 Å². The molecular weight excluding hydrogens is 884 g/mol. The predicted molar refractivity (Wildman–Crippen MR) is 309 cm³/mol. The summed E-state index contributed by atoms with van der Waals surface area (Å²) in [7, 11) is 0. The minimum absolute atomic E-state index is 0.0187. The smallest absolute Gasteiger partial charge is 0.254 e. The van der Waals surface area contributed by atoms with Gasteiger partial charge in [-0.2, -0.15) is 0 Å². The molecule has 13 aromatic rings. The number of hydrogen-bond acceptors (Lipinski definition) is 4. The van der Waals surface area contributed by atoms with Crippen LogP contribution >= 0.6 is 0 Å². The Balaban J connectivity index is 1.01. The molecule has 0 bridgehead atoms. The van der Waals surface area contributed by atoms with Crippen molar-refractivity contribution in [1.82, 2.24) is 4.40 Å². The van der Waals surface area contributed by atoms with E-state index in [1.165, 1.54) is 116 Å². The second-order valence-electron chi connectivity index (χ2n) is 19.9. The fourth-order valence-electron chi connectivity index (χ4n) is 13.7. The predicted octanol–water partition coefficient (Wildman–Crippen LogP) is 13.0. The number of nitrogens with zero attached hydrogens (tertiary/aromatic N) is 5. The first kappa shape index (κ1) is 39.3. The Kier molecular flexibility index (Phi) is 7.84. The Labute approximate surface area is 423 Å². The summed E-state index contributed by atoms with van der Waals surface area (Å²) in [6.45, 7) is -0.0707. The van der Waals surface area contributed by atoms with Gasteiger partial charge in [0, 0.05) is 89.8 Å². The number of anilines is 12. The average molecular weight is 926 g/mol. The van der Waals surface area contributed by atoms with Gasteiger partial charge in [0.2, 0.25) is 0 Å². The molecule has 11 aromatic carbocycles. The lowest BCUT2D eigenvalue weighted by Crippen LogP contribution is -2.61. The van der Waals surface area contributed by atoms with Crippen LogP contribution in [0.25, 0.3) is 38.1 Å². The van der Waals surface area contributed by atoms with E-state index < -0.39 is 0 Å². The van der Waals surface area contributed by atoms with Gasteiger partial charge >= 0.3 is 0 Å². The molecule has 2 aromatic heterocycles. The summed E-state index contributed by atoms with van der Waals surface area (Å²) in [5.74, 6) is 0. The summed E-state index contributed by atoms with van der Waals surface area (Å²) < 4.78 is 2.68. The molecule has 4 aliphatic rings. The Morgan fingerprint density at radius 1 is 0.233 bits per heavy atom. The Morgan fingerprint density at radius 3 is 1.15 bits per heavy atom. The molecule has 0 unspecified atom stereocenters. The minimum atomic E-state index is -0.0519. The molecule has 73 heavy (non-hydrogen) atoms. The van der Waals surface area contributed by atoms with Crippen LogP contribution in [-0.2, 0) is 0 Å². The zero-order valence-electron chi connectivity index (χ0n) is 39.6. The summed E-state index contributed by atoms with van der Waals surface area (Å²) in [4.78, 5) is 10.0. The van der Waals surface area contributed by atoms with E-state index >= 15 is 0 Å². The molecule has 0 N–H and O–H groups in total. The summed E-state index contributed by atoms with van der Waals surface area (Å²) in [6, 6.07) is 92.7. The number of para-hydroxylation sites is 7. The Hall–Kier alpha value is -9.45. The van der Waals surface area contributed by atoms with E-state index in [0.29, 0.717) is 0 Å². The second kappa shape index (κ2) is 14.6. The van der Waals surface area contributed by atoms with Gasteiger partial charge in [0.15, 0.2) is 0 Å². The van der Waals surface area contributed by atoms with E-state index in [2.05, 4.69) is 273 Å². The molecule has 0 saturated carbocycles. The zero-order chi connectivity index (χ0) is 47.5. The Bertz CT molecular complexity index is 4410. The molecule has 0 saturated heterocycles. The van der Waals surface area contributed by atoms with Gasteiger partial charge in [-0.05, 0) is 136 Å². The molecule has 5 nitrogen and oxygen atoms in total. The molecule has 0 fully saturated rings. The second-order valence-corrected chi connectivity index (χ2v) is 19.9. The third-order valence-corrected chi connectivity index (χ3v) is 16.4. The number of hydrogen-bond donors (Lipinski definition) is 0. The summed E-state index contributed by atoms with van der Waals surface area (Å²) >= 11 is 0. The maximum absolute atomic E-state index is 2.68. The minimum Gasteiger partial charge on any atom is -0.311 e. The quantitative estimate of drug-likeness (QED) is 0.164. The Morgan fingerprint density at radius 2 is 0.616 bits per heavy atom. The van der Waals surface area contributed by atoms with Crippen molar-refractivity contribution in [1.29, 1.82) is 0 Å². The van der Waals surface area contributed by atoms with Gasteiger partial charge in [0.1, 0.15) is 0 Å². The van der Waals surface area contributed by atoms with Crippen molar-refractivity contribution in [2.24, 2.45) is 0 Å². The molecule has 0 amide bonds.